The molecule has 0 aromatic heterocycles. The Morgan fingerprint density at radius 2 is 1.54 bits per heavy atom. The van der Waals surface area contributed by atoms with E-state index in [1.165, 1.54) is 0 Å². The predicted molar refractivity (Wildman–Crippen MR) is 103 cm³/mol. The molecule has 0 N–H and O–H groups in total. The van der Waals surface area contributed by atoms with Crippen molar-refractivity contribution in [3.05, 3.63) is 64.6 Å². The van der Waals surface area contributed by atoms with Crippen molar-refractivity contribution in [2.75, 3.05) is 32.8 Å². The van der Waals surface area contributed by atoms with Gasteiger partial charge in [0.15, 0.2) is 6.61 Å². The normalized spacial score (nSPS) is 14.7. The maximum Gasteiger partial charge on any atom is 0.260 e. The average molecular weight is 417 g/mol. The largest absolute Gasteiger partial charge is 0.484 e. The molecule has 6 heteroatoms. The Hall–Kier alpha value is -2.34. The second-order valence-corrected chi connectivity index (χ2v) is 7.05. The van der Waals surface area contributed by atoms with Gasteiger partial charge in [-0.15, -0.1) is 0 Å². The summed E-state index contributed by atoms with van der Waals surface area (Å²) in [6.07, 6.45) is 0.763. The molecule has 0 atom stereocenters. The number of ether oxygens (including phenoxy) is 1. The van der Waals surface area contributed by atoms with Crippen LogP contribution in [0.1, 0.15) is 16.8 Å². The Kier molecular flexibility index (Phi) is 6.28. The molecule has 26 heavy (non-hydrogen) atoms. The van der Waals surface area contributed by atoms with Gasteiger partial charge >= 0.3 is 0 Å². The van der Waals surface area contributed by atoms with E-state index in [1.54, 1.807) is 4.90 Å². The number of hydrogen-bond acceptors (Lipinski definition) is 3. The van der Waals surface area contributed by atoms with E-state index in [1.807, 2.05) is 59.5 Å². The molecular formula is C20H21BrN2O3. The number of rotatable bonds is 4. The maximum atomic E-state index is 12.6. The highest BCUT2D eigenvalue weighted by molar-refractivity contribution is 9.10. The van der Waals surface area contributed by atoms with Crippen LogP contribution in [-0.4, -0.2) is 54.4 Å². The lowest BCUT2D eigenvalue weighted by molar-refractivity contribution is -0.133. The molecule has 1 fully saturated rings. The molecular weight excluding hydrogens is 396 g/mol. The van der Waals surface area contributed by atoms with Crippen molar-refractivity contribution in [3.8, 4) is 5.75 Å². The van der Waals surface area contributed by atoms with Gasteiger partial charge in [-0.2, -0.15) is 0 Å². The molecule has 136 valence electrons. The highest BCUT2D eigenvalue weighted by Gasteiger charge is 2.23. The summed E-state index contributed by atoms with van der Waals surface area (Å²) >= 11 is 3.38. The van der Waals surface area contributed by atoms with Gasteiger partial charge in [0.05, 0.1) is 0 Å². The van der Waals surface area contributed by atoms with Gasteiger partial charge in [-0.05, 0) is 42.8 Å². The zero-order valence-electron chi connectivity index (χ0n) is 14.4. The molecule has 0 saturated carbocycles. The summed E-state index contributed by atoms with van der Waals surface area (Å²) in [5.41, 5.74) is 0.667. The summed E-state index contributed by atoms with van der Waals surface area (Å²) in [6.45, 7) is 2.37. The third-order valence-corrected chi connectivity index (χ3v) is 4.86. The third kappa shape index (κ3) is 4.85. The number of carbonyl (C=O) groups excluding carboxylic acids is 2. The number of carbonyl (C=O) groups is 2. The van der Waals surface area contributed by atoms with Gasteiger partial charge in [0.2, 0.25) is 0 Å². The zero-order valence-corrected chi connectivity index (χ0v) is 16.0. The van der Waals surface area contributed by atoms with Crippen molar-refractivity contribution in [2.45, 2.75) is 6.42 Å². The Morgan fingerprint density at radius 3 is 2.27 bits per heavy atom. The summed E-state index contributed by atoms with van der Waals surface area (Å²) in [4.78, 5) is 28.6. The second kappa shape index (κ2) is 8.85. The van der Waals surface area contributed by atoms with Crippen LogP contribution in [0, 0.1) is 0 Å². The lowest BCUT2D eigenvalue weighted by atomic mass is 10.2. The molecule has 1 saturated heterocycles. The van der Waals surface area contributed by atoms with Gasteiger partial charge in [-0.1, -0.05) is 34.1 Å². The van der Waals surface area contributed by atoms with Crippen molar-refractivity contribution in [3.63, 3.8) is 0 Å². The lowest BCUT2D eigenvalue weighted by Crippen LogP contribution is -2.39. The van der Waals surface area contributed by atoms with Crippen molar-refractivity contribution in [2.24, 2.45) is 0 Å². The monoisotopic (exact) mass is 416 g/mol. The van der Waals surface area contributed by atoms with E-state index in [4.69, 9.17) is 4.74 Å². The first-order valence-corrected chi connectivity index (χ1v) is 9.43. The first-order valence-electron chi connectivity index (χ1n) is 8.64. The van der Waals surface area contributed by atoms with Crippen LogP contribution < -0.4 is 4.74 Å². The topological polar surface area (TPSA) is 49.9 Å². The molecule has 0 bridgehead atoms. The molecule has 0 radical (unpaired) electrons. The molecule has 3 rings (SSSR count). The molecule has 2 aromatic carbocycles. The van der Waals surface area contributed by atoms with Crippen LogP contribution in [-0.2, 0) is 4.79 Å². The smallest absolute Gasteiger partial charge is 0.260 e. The standard InChI is InChI=1S/C20H21BrN2O3/c21-17-9-7-16(8-10-17)20(25)23-12-4-11-22(13-14-23)19(24)15-26-18-5-2-1-3-6-18/h1-3,5-10H,4,11-15H2. The molecule has 1 aliphatic rings. The Morgan fingerprint density at radius 1 is 0.885 bits per heavy atom. The van der Waals surface area contributed by atoms with E-state index in [0.717, 1.165) is 10.9 Å². The van der Waals surface area contributed by atoms with Crippen LogP contribution in [0.5, 0.6) is 5.75 Å². The third-order valence-electron chi connectivity index (χ3n) is 4.33. The van der Waals surface area contributed by atoms with Crippen molar-refractivity contribution >= 4 is 27.7 Å². The molecule has 1 heterocycles. The van der Waals surface area contributed by atoms with Crippen molar-refractivity contribution in [1.82, 2.24) is 9.80 Å². The minimum atomic E-state index is -0.0493. The Labute approximate surface area is 161 Å². The van der Waals surface area contributed by atoms with Crippen LogP contribution in [0.4, 0.5) is 0 Å². The van der Waals surface area contributed by atoms with Crippen LogP contribution in [0.2, 0.25) is 0 Å². The Balaban J connectivity index is 1.53. The fraction of sp³-hybridized carbons (Fsp3) is 0.300. The van der Waals surface area contributed by atoms with Gasteiger partial charge in [0.25, 0.3) is 11.8 Å². The summed E-state index contributed by atoms with van der Waals surface area (Å²) in [5.74, 6) is 0.641. The van der Waals surface area contributed by atoms with Crippen LogP contribution in [0.15, 0.2) is 59.1 Å². The van der Waals surface area contributed by atoms with Gasteiger partial charge in [-0.25, -0.2) is 0 Å². The second-order valence-electron chi connectivity index (χ2n) is 6.14. The molecule has 0 aliphatic carbocycles. The summed E-state index contributed by atoms with van der Waals surface area (Å²) < 4.78 is 6.48. The van der Waals surface area contributed by atoms with E-state index < -0.39 is 0 Å². The number of nitrogens with zero attached hydrogens (tertiary/aromatic N) is 2. The van der Waals surface area contributed by atoms with Crippen molar-refractivity contribution in [1.29, 1.82) is 0 Å². The number of halogens is 1. The summed E-state index contributed by atoms with van der Waals surface area (Å²) in [7, 11) is 0. The molecule has 2 aromatic rings. The first-order chi connectivity index (χ1) is 12.6. The highest BCUT2D eigenvalue weighted by atomic mass is 79.9. The summed E-state index contributed by atoms with van der Waals surface area (Å²) in [5, 5.41) is 0. The molecule has 2 amide bonds. The van der Waals surface area contributed by atoms with E-state index in [2.05, 4.69) is 15.9 Å². The highest BCUT2D eigenvalue weighted by Crippen LogP contribution is 2.14. The molecule has 0 unspecified atom stereocenters. The summed E-state index contributed by atoms with van der Waals surface area (Å²) in [6, 6.07) is 16.7. The van der Waals surface area contributed by atoms with E-state index in [-0.39, 0.29) is 18.4 Å². The SMILES string of the molecule is O=C(COc1ccccc1)N1CCCN(C(=O)c2ccc(Br)cc2)CC1. The number of amides is 2. The van der Waals surface area contributed by atoms with E-state index in [0.29, 0.717) is 37.5 Å². The Bertz CT molecular complexity index is 749. The van der Waals surface area contributed by atoms with Crippen molar-refractivity contribution < 1.29 is 14.3 Å². The first kappa shape index (κ1) is 18.5. The predicted octanol–water partition coefficient (Wildman–Crippen LogP) is 3.20. The van der Waals surface area contributed by atoms with Crippen LogP contribution in [0.3, 0.4) is 0 Å². The van der Waals surface area contributed by atoms with E-state index >= 15 is 0 Å². The van der Waals surface area contributed by atoms with Gasteiger partial charge in [-0.3, -0.25) is 9.59 Å². The minimum absolute atomic E-state index is 0.00679. The fourth-order valence-corrected chi connectivity index (χ4v) is 3.16. The number of hydrogen-bond donors (Lipinski definition) is 0. The average Bonchev–Trinajstić information content (AvgIpc) is 2.93. The lowest BCUT2D eigenvalue weighted by Gasteiger charge is -2.22. The fourth-order valence-electron chi connectivity index (χ4n) is 2.90. The van der Waals surface area contributed by atoms with Gasteiger partial charge in [0, 0.05) is 36.2 Å². The van der Waals surface area contributed by atoms with Gasteiger partial charge in [0.1, 0.15) is 5.75 Å². The van der Waals surface area contributed by atoms with Crippen LogP contribution in [0.25, 0.3) is 0 Å². The number of benzene rings is 2. The quantitative estimate of drug-likeness (QED) is 0.768. The molecule has 0 spiro atoms. The van der Waals surface area contributed by atoms with Gasteiger partial charge < -0.3 is 14.5 Å². The minimum Gasteiger partial charge on any atom is -0.484 e. The molecule has 1 aliphatic heterocycles. The van der Waals surface area contributed by atoms with Crippen LogP contribution >= 0.6 is 15.9 Å². The number of para-hydroxylation sites is 1. The van der Waals surface area contributed by atoms with E-state index in [9.17, 15) is 9.59 Å². The maximum absolute atomic E-state index is 12.6. The zero-order chi connectivity index (χ0) is 18.4. The molecule has 5 nitrogen and oxygen atoms in total.